The molecule has 1 aliphatic rings. The molecule has 1 aromatic carbocycles. The van der Waals surface area contributed by atoms with Crippen molar-refractivity contribution in [3.8, 4) is 0 Å². The standard InChI is InChI=1S/C16H15N3O2S2/c20-14-11-23-16(18-17-15(21)13-7-4-10-22-13)19(14)9-8-12-5-2-1-3-6-12/h1-7,10H,8-9,11H2,(H,17,21)/b18-16+. The Bertz CT molecular complexity index is 714. The van der Waals surface area contributed by atoms with Crippen LogP contribution in [0.4, 0.5) is 0 Å². The maximum Gasteiger partial charge on any atom is 0.281 e. The monoisotopic (exact) mass is 345 g/mol. The van der Waals surface area contributed by atoms with E-state index in [0.717, 1.165) is 6.42 Å². The van der Waals surface area contributed by atoms with Crippen molar-refractivity contribution >= 4 is 40.1 Å². The van der Waals surface area contributed by atoms with Gasteiger partial charge in [0.2, 0.25) is 5.91 Å². The van der Waals surface area contributed by atoms with E-state index >= 15 is 0 Å². The van der Waals surface area contributed by atoms with Crippen LogP contribution >= 0.6 is 23.1 Å². The summed E-state index contributed by atoms with van der Waals surface area (Å²) in [4.78, 5) is 26.1. The molecule has 5 nitrogen and oxygen atoms in total. The average molecular weight is 345 g/mol. The number of hydrazone groups is 1. The fourth-order valence-electron chi connectivity index (χ4n) is 2.15. The lowest BCUT2D eigenvalue weighted by Gasteiger charge is -2.15. The molecule has 118 valence electrons. The summed E-state index contributed by atoms with van der Waals surface area (Å²) in [7, 11) is 0. The Morgan fingerprint density at radius 2 is 2.04 bits per heavy atom. The Morgan fingerprint density at radius 1 is 1.22 bits per heavy atom. The average Bonchev–Trinajstić information content (AvgIpc) is 3.22. The van der Waals surface area contributed by atoms with Gasteiger partial charge in [-0.1, -0.05) is 48.2 Å². The van der Waals surface area contributed by atoms with Gasteiger partial charge in [-0.2, -0.15) is 0 Å². The highest BCUT2D eigenvalue weighted by Gasteiger charge is 2.28. The molecule has 0 aliphatic carbocycles. The van der Waals surface area contributed by atoms with Gasteiger partial charge in [-0.3, -0.25) is 14.5 Å². The number of carbonyl (C=O) groups is 2. The minimum atomic E-state index is -0.254. The zero-order valence-electron chi connectivity index (χ0n) is 12.3. The summed E-state index contributed by atoms with van der Waals surface area (Å²) in [6, 6.07) is 13.5. The Balaban J connectivity index is 1.62. The van der Waals surface area contributed by atoms with E-state index in [9.17, 15) is 9.59 Å². The molecule has 1 N–H and O–H groups in total. The number of amides is 2. The molecule has 2 aromatic rings. The molecule has 23 heavy (non-hydrogen) atoms. The van der Waals surface area contributed by atoms with E-state index < -0.39 is 0 Å². The van der Waals surface area contributed by atoms with Gasteiger partial charge in [0, 0.05) is 6.54 Å². The second-order valence-electron chi connectivity index (χ2n) is 4.88. The predicted octanol–water partition coefficient (Wildman–Crippen LogP) is 2.57. The number of nitrogens with one attached hydrogen (secondary N) is 1. The van der Waals surface area contributed by atoms with Crippen molar-refractivity contribution in [3.63, 3.8) is 0 Å². The molecule has 1 saturated heterocycles. The molecule has 0 bridgehead atoms. The third-order valence-corrected chi connectivity index (χ3v) is 5.15. The molecule has 0 saturated carbocycles. The first-order valence-corrected chi connectivity index (χ1v) is 8.99. The van der Waals surface area contributed by atoms with Crippen LogP contribution < -0.4 is 5.43 Å². The van der Waals surface area contributed by atoms with Gasteiger partial charge in [-0.25, -0.2) is 5.43 Å². The van der Waals surface area contributed by atoms with E-state index in [1.54, 1.807) is 11.0 Å². The number of nitrogens with zero attached hydrogens (tertiary/aromatic N) is 2. The van der Waals surface area contributed by atoms with E-state index in [0.29, 0.717) is 22.3 Å². The van der Waals surface area contributed by atoms with Gasteiger partial charge in [0.1, 0.15) is 0 Å². The molecule has 1 fully saturated rings. The highest BCUT2D eigenvalue weighted by atomic mass is 32.2. The number of hydrogen-bond acceptors (Lipinski definition) is 5. The molecular formula is C16H15N3O2S2. The summed E-state index contributed by atoms with van der Waals surface area (Å²) in [6.07, 6.45) is 0.755. The Morgan fingerprint density at radius 3 is 2.78 bits per heavy atom. The quantitative estimate of drug-likeness (QED) is 0.847. The summed E-state index contributed by atoms with van der Waals surface area (Å²) in [6.45, 7) is 0.559. The predicted molar refractivity (Wildman–Crippen MR) is 93.5 cm³/mol. The molecule has 0 spiro atoms. The lowest BCUT2D eigenvalue weighted by Crippen LogP contribution is -2.33. The van der Waals surface area contributed by atoms with Crippen LogP contribution in [0.1, 0.15) is 15.2 Å². The minimum absolute atomic E-state index is 0.0232. The SMILES string of the molecule is O=C(N/N=C1/SCC(=O)N1CCc1ccccc1)c1cccs1. The smallest absolute Gasteiger partial charge is 0.281 e. The van der Waals surface area contributed by atoms with E-state index in [1.807, 2.05) is 41.8 Å². The molecule has 0 atom stereocenters. The number of benzene rings is 1. The van der Waals surface area contributed by atoms with Gasteiger partial charge in [0.15, 0.2) is 5.17 Å². The highest BCUT2D eigenvalue weighted by Crippen LogP contribution is 2.19. The summed E-state index contributed by atoms with van der Waals surface area (Å²) in [5.74, 6) is 0.133. The lowest BCUT2D eigenvalue weighted by molar-refractivity contribution is -0.124. The molecule has 0 radical (unpaired) electrons. The van der Waals surface area contributed by atoms with Gasteiger partial charge in [-0.15, -0.1) is 16.4 Å². The van der Waals surface area contributed by atoms with Crippen molar-refractivity contribution in [1.29, 1.82) is 0 Å². The molecule has 0 unspecified atom stereocenters. The van der Waals surface area contributed by atoms with Gasteiger partial charge in [0.05, 0.1) is 10.6 Å². The molecule has 1 aromatic heterocycles. The van der Waals surface area contributed by atoms with E-state index in [4.69, 9.17) is 0 Å². The summed E-state index contributed by atoms with van der Waals surface area (Å²) in [5, 5.41) is 6.50. The zero-order chi connectivity index (χ0) is 16.1. The van der Waals surface area contributed by atoms with E-state index in [2.05, 4.69) is 10.5 Å². The topological polar surface area (TPSA) is 61.8 Å². The number of rotatable bonds is 5. The summed E-state index contributed by atoms with van der Waals surface area (Å²) in [5.41, 5.74) is 3.69. The molecular weight excluding hydrogens is 330 g/mol. The number of carbonyl (C=O) groups excluding carboxylic acids is 2. The number of amidine groups is 1. The molecule has 1 aliphatic heterocycles. The third kappa shape index (κ3) is 4.00. The van der Waals surface area contributed by atoms with Crippen LogP contribution in [-0.2, 0) is 11.2 Å². The number of thiophene rings is 1. The van der Waals surface area contributed by atoms with Crippen LogP contribution in [0.2, 0.25) is 0 Å². The Hall–Kier alpha value is -2.12. The fourth-order valence-corrected chi connectivity index (χ4v) is 3.63. The number of hydrogen-bond donors (Lipinski definition) is 1. The molecule has 2 heterocycles. The van der Waals surface area contributed by atoms with Crippen LogP contribution in [0, 0.1) is 0 Å². The van der Waals surface area contributed by atoms with Crippen molar-refractivity contribution < 1.29 is 9.59 Å². The van der Waals surface area contributed by atoms with Gasteiger partial charge >= 0.3 is 0 Å². The Labute approximate surface area is 142 Å². The minimum Gasteiger partial charge on any atom is -0.289 e. The second-order valence-corrected chi connectivity index (χ2v) is 6.77. The van der Waals surface area contributed by atoms with Gasteiger partial charge in [0.25, 0.3) is 5.91 Å². The normalized spacial score (nSPS) is 16.1. The van der Waals surface area contributed by atoms with E-state index in [1.165, 1.54) is 28.7 Å². The summed E-state index contributed by atoms with van der Waals surface area (Å²) < 4.78 is 0. The van der Waals surface area contributed by atoms with Crippen molar-refractivity contribution in [2.75, 3.05) is 12.3 Å². The maximum absolute atomic E-state index is 12.0. The first-order chi connectivity index (χ1) is 11.2. The highest BCUT2D eigenvalue weighted by molar-refractivity contribution is 8.15. The van der Waals surface area contributed by atoms with Gasteiger partial charge in [-0.05, 0) is 23.4 Å². The van der Waals surface area contributed by atoms with Crippen molar-refractivity contribution in [2.45, 2.75) is 6.42 Å². The van der Waals surface area contributed by atoms with Crippen LogP contribution in [-0.4, -0.2) is 34.2 Å². The van der Waals surface area contributed by atoms with Crippen LogP contribution in [0.3, 0.4) is 0 Å². The molecule has 3 rings (SSSR count). The second kappa shape index (κ2) is 7.43. The van der Waals surface area contributed by atoms with Gasteiger partial charge < -0.3 is 0 Å². The lowest BCUT2D eigenvalue weighted by atomic mass is 10.1. The van der Waals surface area contributed by atoms with Crippen molar-refractivity contribution in [3.05, 3.63) is 58.3 Å². The Kier molecular flexibility index (Phi) is 5.09. The first kappa shape index (κ1) is 15.8. The first-order valence-electron chi connectivity index (χ1n) is 7.12. The third-order valence-electron chi connectivity index (χ3n) is 3.32. The zero-order valence-corrected chi connectivity index (χ0v) is 13.9. The van der Waals surface area contributed by atoms with Crippen LogP contribution in [0.15, 0.2) is 52.9 Å². The fraction of sp³-hybridized carbons (Fsp3) is 0.188. The van der Waals surface area contributed by atoms with Crippen LogP contribution in [0.25, 0.3) is 0 Å². The van der Waals surface area contributed by atoms with Crippen molar-refractivity contribution in [1.82, 2.24) is 10.3 Å². The van der Waals surface area contributed by atoms with Crippen LogP contribution in [0.5, 0.6) is 0 Å². The molecule has 2 amide bonds. The largest absolute Gasteiger partial charge is 0.289 e. The molecule has 7 heteroatoms. The maximum atomic E-state index is 12.0. The van der Waals surface area contributed by atoms with E-state index in [-0.39, 0.29) is 11.8 Å². The number of thioether (sulfide) groups is 1. The van der Waals surface area contributed by atoms with Crippen molar-refractivity contribution in [2.24, 2.45) is 5.10 Å². The summed E-state index contributed by atoms with van der Waals surface area (Å²) >= 11 is 2.70.